The van der Waals surface area contributed by atoms with Crippen molar-refractivity contribution in [2.75, 3.05) is 11.2 Å². The number of nitrogens with zero attached hydrogens (tertiary/aromatic N) is 3. The molecule has 0 saturated heterocycles. The molecule has 138 valence electrons. The number of thioether (sulfide) groups is 1. The first kappa shape index (κ1) is 19.2. The fourth-order valence-corrected chi connectivity index (χ4v) is 2.98. The zero-order valence-corrected chi connectivity index (χ0v) is 16.1. The Hall–Kier alpha value is -3.56. The van der Waals surface area contributed by atoms with Crippen LogP contribution >= 0.6 is 11.8 Å². The minimum absolute atomic E-state index is 0.112. The highest BCUT2D eigenvalue weighted by Gasteiger charge is 2.19. The Labute approximate surface area is 168 Å². The lowest BCUT2D eigenvalue weighted by Crippen LogP contribution is -2.25. The standard InChI is InChI=1S/C22H18N4OS/c1-28-22(24-16-23)25-18-12-14-20(15-13-18)26(19-10-6-3-7-11-19)21(27)17-8-4-2-5-9-17/h2-15H,1H3,(H,24,25). The lowest BCUT2D eigenvalue weighted by atomic mass is 10.1. The number of nitriles is 1. The molecule has 0 aliphatic heterocycles. The van der Waals surface area contributed by atoms with Gasteiger partial charge in [0.15, 0.2) is 11.4 Å². The monoisotopic (exact) mass is 386 g/mol. The Morgan fingerprint density at radius 2 is 1.50 bits per heavy atom. The van der Waals surface area contributed by atoms with E-state index in [-0.39, 0.29) is 5.91 Å². The summed E-state index contributed by atoms with van der Waals surface area (Å²) in [5.74, 6) is -0.112. The van der Waals surface area contributed by atoms with Crippen molar-refractivity contribution in [3.05, 3.63) is 90.5 Å². The Kier molecular flexibility index (Phi) is 6.45. The molecule has 0 saturated carbocycles. The molecule has 0 aliphatic carbocycles. The van der Waals surface area contributed by atoms with Gasteiger partial charge in [0.1, 0.15) is 0 Å². The van der Waals surface area contributed by atoms with E-state index in [0.29, 0.717) is 16.4 Å². The summed E-state index contributed by atoms with van der Waals surface area (Å²) in [6, 6.07) is 26.0. The van der Waals surface area contributed by atoms with Crippen molar-refractivity contribution in [2.24, 2.45) is 4.99 Å². The SMILES string of the molecule is CSC(=Nc1ccc(N(C(=O)c2ccccc2)c2ccccc2)cc1)NC#N. The first-order valence-corrected chi connectivity index (χ1v) is 9.78. The topological polar surface area (TPSA) is 68.5 Å². The second-order valence-electron chi connectivity index (χ2n) is 5.72. The maximum Gasteiger partial charge on any atom is 0.262 e. The molecule has 5 nitrogen and oxygen atoms in total. The lowest BCUT2D eigenvalue weighted by molar-refractivity contribution is 0.0999. The maximum atomic E-state index is 13.2. The smallest absolute Gasteiger partial charge is 0.262 e. The summed E-state index contributed by atoms with van der Waals surface area (Å²) in [6.07, 6.45) is 3.71. The number of nitrogens with one attached hydrogen (secondary N) is 1. The number of amidine groups is 1. The van der Waals surface area contributed by atoms with Crippen molar-refractivity contribution in [2.45, 2.75) is 0 Å². The van der Waals surface area contributed by atoms with Gasteiger partial charge < -0.3 is 0 Å². The Morgan fingerprint density at radius 1 is 0.929 bits per heavy atom. The molecule has 28 heavy (non-hydrogen) atoms. The largest absolute Gasteiger partial charge is 0.277 e. The van der Waals surface area contributed by atoms with Crippen molar-refractivity contribution in [1.29, 1.82) is 5.26 Å². The number of rotatable bonds is 4. The number of hydrogen-bond acceptors (Lipinski definition) is 4. The highest BCUT2D eigenvalue weighted by molar-refractivity contribution is 8.13. The molecule has 0 unspecified atom stereocenters. The van der Waals surface area contributed by atoms with Gasteiger partial charge in [0.05, 0.1) is 5.69 Å². The van der Waals surface area contributed by atoms with Crippen molar-refractivity contribution in [1.82, 2.24) is 5.32 Å². The van der Waals surface area contributed by atoms with E-state index < -0.39 is 0 Å². The molecule has 0 radical (unpaired) electrons. The summed E-state index contributed by atoms with van der Waals surface area (Å²) in [6.45, 7) is 0. The van der Waals surface area contributed by atoms with E-state index in [1.165, 1.54) is 11.8 Å². The molecule has 0 spiro atoms. The van der Waals surface area contributed by atoms with Gasteiger partial charge in [0.2, 0.25) is 0 Å². The van der Waals surface area contributed by atoms with Gasteiger partial charge >= 0.3 is 0 Å². The molecular weight excluding hydrogens is 368 g/mol. The van der Waals surface area contributed by atoms with Crippen LogP contribution in [0.5, 0.6) is 0 Å². The van der Waals surface area contributed by atoms with Crippen LogP contribution in [0, 0.1) is 11.5 Å². The predicted octanol–water partition coefficient (Wildman–Crippen LogP) is 5.09. The Morgan fingerprint density at radius 3 is 2.07 bits per heavy atom. The molecule has 0 aromatic heterocycles. The highest BCUT2D eigenvalue weighted by Crippen LogP contribution is 2.29. The van der Waals surface area contributed by atoms with E-state index in [1.807, 2.05) is 85.2 Å². The lowest BCUT2D eigenvalue weighted by Gasteiger charge is -2.23. The molecule has 1 amide bonds. The van der Waals surface area contributed by atoms with Crippen LogP contribution in [0.2, 0.25) is 0 Å². The van der Waals surface area contributed by atoms with Crippen LogP contribution in [0.3, 0.4) is 0 Å². The van der Waals surface area contributed by atoms with E-state index >= 15 is 0 Å². The van der Waals surface area contributed by atoms with Crippen molar-refractivity contribution >= 4 is 39.9 Å². The molecule has 3 aromatic carbocycles. The summed E-state index contributed by atoms with van der Waals surface area (Å²) >= 11 is 1.35. The van der Waals surface area contributed by atoms with Crippen molar-refractivity contribution in [3.63, 3.8) is 0 Å². The zero-order chi connectivity index (χ0) is 19.8. The van der Waals surface area contributed by atoms with Gasteiger partial charge in [-0.25, -0.2) is 4.99 Å². The maximum absolute atomic E-state index is 13.2. The third kappa shape index (κ3) is 4.58. The van der Waals surface area contributed by atoms with Crippen LogP contribution in [0.15, 0.2) is 89.9 Å². The van der Waals surface area contributed by atoms with Crippen LogP contribution in [0.4, 0.5) is 17.1 Å². The molecule has 3 aromatic rings. The average Bonchev–Trinajstić information content (AvgIpc) is 2.76. The molecule has 0 atom stereocenters. The molecular formula is C22H18N4OS. The Balaban J connectivity index is 1.97. The number of carbonyl (C=O) groups excluding carboxylic acids is 1. The van der Waals surface area contributed by atoms with Gasteiger partial charge in [0, 0.05) is 16.9 Å². The number of amides is 1. The summed E-state index contributed by atoms with van der Waals surface area (Å²) in [5, 5.41) is 11.8. The van der Waals surface area contributed by atoms with Gasteiger partial charge in [-0.1, -0.05) is 48.2 Å². The fourth-order valence-electron chi connectivity index (χ4n) is 2.64. The third-order valence-electron chi connectivity index (χ3n) is 3.93. The van der Waals surface area contributed by atoms with Crippen LogP contribution < -0.4 is 10.2 Å². The van der Waals surface area contributed by atoms with E-state index in [9.17, 15) is 4.79 Å². The van der Waals surface area contributed by atoms with Gasteiger partial charge in [-0.15, -0.1) is 0 Å². The number of anilines is 2. The average molecular weight is 386 g/mol. The van der Waals surface area contributed by atoms with Crippen LogP contribution in [-0.4, -0.2) is 17.3 Å². The van der Waals surface area contributed by atoms with E-state index in [2.05, 4.69) is 10.3 Å². The summed E-state index contributed by atoms with van der Waals surface area (Å²) in [7, 11) is 0. The van der Waals surface area contributed by atoms with E-state index in [4.69, 9.17) is 5.26 Å². The molecule has 0 heterocycles. The van der Waals surface area contributed by atoms with Gasteiger partial charge in [0.25, 0.3) is 5.91 Å². The number of para-hydroxylation sites is 1. The summed E-state index contributed by atoms with van der Waals surface area (Å²) in [5.41, 5.74) is 2.81. The zero-order valence-electron chi connectivity index (χ0n) is 15.2. The first-order valence-electron chi connectivity index (χ1n) is 8.55. The molecule has 3 rings (SSSR count). The number of benzene rings is 3. The Bertz CT molecular complexity index is 996. The second kappa shape index (κ2) is 9.40. The third-order valence-corrected chi connectivity index (χ3v) is 4.51. The second-order valence-corrected chi connectivity index (χ2v) is 6.51. The molecule has 1 N–H and O–H groups in total. The normalized spacial score (nSPS) is 10.8. The number of carbonyl (C=O) groups is 1. The van der Waals surface area contributed by atoms with Crippen LogP contribution in [-0.2, 0) is 0 Å². The molecule has 0 fully saturated rings. The summed E-state index contributed by atoms with van der Waals surface area (Å²) in [4.78, 5) is 19.2. The minimum atomic E-state index is -0.112. The van der Waals surface area contributed by atoms with Crippen molar-refractivity contribution < 1.29 is 4.79 Å². The minimum Gasteiger partial charge on any atom is -0.277 e. The van der Waals surface area contributed by atoms with Gasteiger partial charge in [-0.05, 0) is 54.8 Å². The fraction of sp³-hybridized carbons (Fsp3) is 0.0455. The predicted molar refractivity (Wildman–Crippen MR) is 115 cm³/mol. The van der Waals surface area contributed by atoms with Crippen LogP contribution in [0.25, 0.3) is 0 Å². The van der Waals surface area contributed by atoms with Crippen LogP contribution in [0.1, 0.15) is 10.4 Å². The van der Waals surface area contributed by atoms with Gasteiger partial charge in [-0.3, -0.25) is 15.0 Å². The molecule has 0 aliphatic rings. The van der Waals surface area contributed by atoms with Crippen molar-refractivity contribution in [3.8, 4) is 6.19 Å². The number of aliphatic imine (C=N–C) groups is 1. The molecule has 6 heteroatoms. The molecule has 0 bridgehead atoms. The van der Waals surface area contributed by atoms with Gasteiger partial charge in [-0.2, -0.15) is 5.26 Å². The van der Waals surface area contributed by atoms with E-state index in [0.717, 1.165) is 11.4 Å². The first-order chi connectivity index (χ1) is 13.7. The number of hydrogen-bond donors (Lipinski definition) is 1. The highest BCUT2D eigenvalue weighted by atomic mass is 32.2. The summed E-state index contributed by atoms with van der Waals surface area (Å²) < 4.78 is 0. The van der Waals surface area contributed by atoms with E-state index in [1.54, 1.807) is 17.0 Å². The quantitative estimate of drug-likeness (QED) is 0.294.